The summed E-state index contributed by atoms with van der Waals surface area (Å²) in [5.74, 6) is -1.60. The lowest BCUT2D eigenvalue weighted by atomic mass is 10.1. The van der Waals surface area contributed by atoms with Crippen molar-refractivity contribution in [2.24, 2.45) is 0 Å². The van der Waals surface area contributed by atoms with Gasteiger partial charge in [0.15, 0.2) is 9.84 Å². The second-order valence-electron chi connectivity index (χ2n) is 5.45. The number of sulfone groups is 1. The van der Waals surface area contributed by atoms with Crippen molar-refractivity contribution in [1.29, 1.82) is 0 Å². The normalized spacial score (nSPS) is 13.7. The molecule has 0 radical (unpaired) electrons. The number of aliphatic hydroxyl groups is 1. The fourth-order valence-corrected chi connectivity index (χ4v) is 3.69. The topological polar surface area (TPSA) is 116 Å². The summed E-state index contributed by atoms with van der Waals surface area (Å²) in [6.07, 6.45) is 0. The number of hydrogen-bond acceptors (Lipinski definition) is 7. The molecule has 0 saturated heterocycles. The van der Waals surface area contributed by atoms with Gasteiger partial charge in [-0.15, -0.1) is 0 Å². The van der Waals surface area contributed by atoms with Crippen LogP contribution in [0.4, 0.5) is 5.69 Å². The average molecular weight is 365 g/mol. The second-order valence-corrected chi connectivity index (χ2v) is 7.44. The van der Waals surface area contributed by atoms with Gasteiger partial charge in [-0.2, -0.15) is 0 Å². The van der Waals surface area contributed by atoms with Crippen LogP contribution >= 0.6 is 0 Å². The Morgan fingerprint density at radius 2 is 1.72 bits per heavy atom. The highest BCUT2D eigenvalue weighted by Crippen LogP contribution is 2.21. The van der Waals surface area contributed by atoms with Crippen LogP contribution in [-0.4, -0.2) is 44.6 Å². The summed E-state index contributed by atoms with van der Waals surface area (Å²) in [5, 5.41) is 10.6. The van der Waals surface area contributed by atoms with E-state index in [9.17, 15) is 18.3 Å². The number of carbonyl (C=O) groups is 1. The molecule has 2 aromatic carbocycles. The first kappa shape index (κ1) is 18.8. The highest BCUT2D eigenvalue weighted by Gasteiger charge is 2.43. The Morgan fingerprint density at radius 1 is 1.12 bits per heavy atom. The first-order chi connectivity index (χ1) is 11.8. The maximum absolute atomic E-state index is 12.5. The molecular formula is C17H19NO6S. The smallest absolute Gasteiger partial charge is 0.342 e. The van der Waals surface area contributed by atoms with E-state index in [-0.39, 0.29) is 4.90 Å². The number of ether oxygens (including phenoxy) is 2. The molecule has 8 heteroatoms. The van der Waals surface area contributed by atoms with Gasteiger partial charge in [0, 0.05) is 5.69 Å². The minimum absolute atomic E-state index is 0.0660. The van der Waals surface area contributed by atoms with Gasteiger partial charge in [-0.05, 0) is 36.4 Å². The maximum Gasteiger partial charge on any atom is 0.342 e. The quantitative estimate of drug-likeness (QED) is 0.556. The number of carbonyl (C=O) groups excluding carboxylic acids is 1. The number of nitrogen functional groups attached to an aromatic ring is 1. The molecule has 0 amide bonds. The molecule has 0 aromatic heterocycles. The van der Waals surface area contributed by atoms with E-state index in [2.05, 4.69) is 4.74 Å². The molecule has 2 rings (SSSR count). The minimum atomic E-state index is -3.98. The zero-order chi connectivity index (χ0) is 18.5. The second kappa shape index (κ2) is 7.54. The predicted molar refractivity (Wildman–Crippen MR) is 91.8 cm³/mol. The molecule has 0 aliphatic heterocycles. The van der Waals surface area contributed by atoms with E-state index >= 15 is 0 Å². The van der Waals surface area contributed by atoms with Crippen molar-refractivity contribution in [1.82, 2.24) is 0 Å². The zero-order valence-corrected chi connectivity index (χ0v) is 14.4. The van der Waals surface area contributed by atoms with Crippen LogP contribution in [0.5, 0.6) is 5.75 Å². The van der Waals surface area contributed by atoms with E-state index in [4.69, 9.17) is 10.5 Å². The molecule has 0 saturated carbocycles. The molecule has 134 valence electrons. The lowest BCUT2D eigenvalue weighted by molar-refractivity contribution is -0.162. The number of benzene rings is 2. The summed E-state index contributed by atoms with van der Waals surface area (Å²) < 4.78 is 35.0. The summed E-state index contributed by atoms with van der Waals surface area (Å²) in [5.41, 5.74) is 3.58. The summed E-state index contributed by atoms with van der Waals surface area (Å²) in [6.45, 7) is -0.572. The van der Waals surface area contributed by atoms with Crippen molar-refractivity contribution in [3.63, 3.8) is 0 Å². The van der Waals surface area contributed by atoms with Gasteiger partial charge in [-0.25, -0.2) is 13.2 Å². The Hall–Kier alpha value is -2.58. The first-order valence-electron chi connectivity index (χ1n) is 7.34. The number of nitrogens with two attached hydrogens (primary N) is 1. The van der Waals surface area contributed by atoms with Crippen molar-refractivity contribution in [2.75, 3.05) is 25.2 Å². The third kappa shape index (κ3) is 4.71. The molecule has 3 N–H and O–H groups in total. The highest BCUT2D eigenvalue weighted by atomic mass is 32.2. The zero-order valence-electron chi connectivity index (χ0n) is 13.6. The van der Waals surface area contributed by atoms with E-state index < -0.39 is 33.8 Å². The van der Waals surface area contributed by atoms with E-state index in [1.165, 1.54) is 24.3 Å². The Labute approximate surface area is 145 Å². The van der Waals surface area contributed by atoms with Gasteiger partial charge in [0.1, 0.15) is 12.4 Å². The number of anilines is 1. The van der Waals surface area contributed by atoms with Crippen LogP contribution in [0.2, 0.25) is 0 Å². The molecule has 0 spiro atoms. The van der Waals surface area contributed by atoms with Crippen molar-refractivity contribution in [3.8, 4) is 5.75 Å². The third-order valence-corrected chi connectivity index (χ3v) is 5.30. The van der Waals surface area contributed by atoms with Crippen LogP contribution in [0.15, 0.2) is 59.5 Å². The molecule has 0 fully saturated rings. The van der Waals surface area contributed by atoms with Gasteiger partial charge < -0.3 is 20.3 Å². The number of hydrogen-bond donors (Lipinski definition) is 2. The Balaban J connectivity index is 2.24. The van der Waals surface area contributed by atoms with Gasteiger partial charge in [-0.1, -0.05) is 18.2 Å². The van der Waals surface area contributed by atoms with Gasteiger partial charge >= 0.3 is 5.97 Å². The molecule has 1 atom stereocenters. The van der Waals surface area contributed by atoms with Gasteiger partial charge in [-0.3, -0.25) is 0 Å². The summed E-state index contributed by atoms with van der Waals surface area (Å²) in [7, 11) is -2.92. The SMILES string of the molecule is COC(=O)C(O)(COc1ccccc1)CS(=O)(=O)c1ccc(N)cc1. The van der Waals surface area contributed by atoms with Crippen LogP contribution in [0.3, 0.4) is 0 Å². The number of esters is 1. The standard InChI is InChI=1S/C17H19NO6S/c1-23-16(19)17(20,11-24-14-5-3-2-4-6-14)12-25(21,22)15-9-7-13(18)8-10-15/h2-10,20H,11-12,18H2,1H3. The van der Waals surface area contributed by atoms with E-state index in [0.717, 1.165) is 7.11 Å². The fourth-order valence-electron chi connectivity index (χ4n) is 2.14. The van der Waals surface area contributed by atoms with Crippen molar-refractivity contribution in [3.05, 3.63) is 54.6 Å². The molecule has 0 aliphatic carbocycles. The van der Waals surface area contributed by atoms with Crippen molar-refractivity contribution < 1.29 is 27.8 Å². The van der Waals surface area contributed by atoms with Crippen LogP contribution in [0.1, 0.15) is 0 Å². The molecule has 1 unspecified atom stereocenters. The average Bonchev–Trinajstić information content (AvgIpc) is 2.60. The Morgan fingerprint density at radius 3 is 2.28 bits per heavy atom. The van der Waals surface area contributed by atoms with E-state index in [1.807, 2.05) is 0 Å². The van der Waals surface area contributed by atoms with Crippen LogP contribution in [0.25, 0.3) is 0 Å². The molecule has 25 heavy (non-hydrogen) atoms. The van der Waals surface area contributed by atoms with Crippen LogP contribution in [-0.2, 0) is 19.4 Å². The Kier molecular flexibility index (Phi) is 5.66. The number of methoxy groups -OCH3 is 1. The molecule has 0 aliphatic rings. The largest absolute Gasteiger partial charge is 0.490 e. The van der Waals surface area contributed by atoms with Gasteiger partial charge in [0.25, 0.3) is 0 Å². The van der Waals surface area contributed by atoms with Crippen LogP contribution in [0, 0.1) is 0 Å². The predicted octanol–water partition coefficient (Wildman–Crippen LogP) is 1.03. The fraction of sp³-hybridized carbons (Fsp3) is 0.235. The van der Waals surface area contributed by atoms with Crippen LogP contribution < -0.4 is 10.5 Å². The van der Waals surface area contributed by atoms with Crippen molar-refractivity contribution in [2.45, 2.75) is 10.5 Å². The highest BCUT2D eigenvalue weighted by molar-refractivity contribution is 7.91. The maximum atomic E-state index is 12.5. The lowest BCUT2D eigenvalue weighted by Crippen LogP contribution is -2.50. The monoisotopic (exact) mass is 365 g/mol. The first-order valence-corrected chi connectivity index (χ1v) is 8.99. The summed E-state index contributed by atoms with van der Waals surface area (Å²) >= 11 is 0. The number of rotatable bonds is 7. The van der Waals surface area contributed by atoms with Crippen molar-refractivity contribution >= 4 is 21.5 Å². The molecule has 0 heterocycles. The molecule has 0 bridgehead atoms. The summed E-state index contributed by atoms with van der Waals surface area (Å²) in [6, 6.07) is 13.9. The van der Waals surface area contributed by atoms with Gasteiger partial charge in [0.05, 0.1) is 17.8 Å². The molecular weight excluding hydrogens is 346 g/mol. The summed E-state index contributed by atoms with van der Waals surface area (Å²) in [4.78, 5) is 11.9. The minimum Gasteiger partial charge on any atom is -0.490 e. The lowest BCUT2D eigenvalue weighted by Gasteiger charge is -2.25. The van der Waals surface area contributed by atoms with Gasteiger partial charge in [0.2, 0.25) is 5.60 Å². The number of para-hydroxylation sites is 1. The van der Waals surface area contributed by atoms with E-state index in [1.54, 1.807) is 30.3 Å². The molecule has 2 aromatic rings. The Bertz CT molecular complexity index is 820. The third-order valence-electron chi connectivity index (χ3n) is 3.45. The molecule has 7 nitrogen and oxygen atoms in total. The van der Waals surface area contributed by atoms with E-state index in [0.29, 0.717) is 11.4 Å².